The van der Waals surface area contributed by atoms with Crippen molar-refractivity contribution in [3.63, 3.8) is 0 Å². The molecule has 7 atom stereocenters. The highest BCUT2D eigenvalue weighted by Gasteiger charge is 2.54. The van der Waals surface area contributed by atoms with E-state index in [2.05, 4.69) is 39.7 Å². The van der Waals surface area contributed by atoms with Crippen LogP contribution < -0.4 is 20.7 Å². The van der Waals surface area contributed by atoms with E-state index in [1.807, 2.05) is 0 Å². The Morgan fingerprint density at radius 2 is 1.70 bits per heavy atom. The number of phenolic OH excluding ortho intramolecular Hbond substituents is 1. The molecule has 5 bridgehead atoms. The highest BCUT2D eigenvalue weighted by atomic mass is 35.5. The van der Waals surface area contributed by atoms with Crippen molar-refractivity contribution in [1.82, 2.24) is 25.4 Å². The van der Waals surface area contributed by atoms with Crippen LogP contribution in [0.4, 0.5) is 5.69 Å². The number of likely N-dealkylation sites (tertiary alicyclic amines) is 2. The average molecular weight is 1040 g/mol. The number of allylic oxidation sites excluding steroid dienone is 5. The monoisotopic (exact) mass is 1040 g/mol. The van der Waals surface area contributed by atoms with E-state index in [1.165, 1.54) is 20.1 Å². The van der Waals surface area contributed by atoms with Crippen LogP contribution in [0.3, 0.4) is 0 Å². The number of piperidine rings is 2. The molecule has 7 aliphatic rings. The first-order valence-corrected chi connectivity index (χ1v) is 26.2. The molecule has 1 aliphatic carbocycles. The van der Waals surface area contributed by atoms with Crippen molar-refractivity contribution in [1.29, 1.82) is 0 Å². The maximum Gasteiger partial charge on any atom is 0.315 e. The van der Waals surface area contributed by atoms with Gasteiger partial charge in [-0.3, -0.25) is 33.9 Å². The number of nitrogens with one attached hydrogen (secondary N) is 3. The van der Waals surface area contributed by atoms with Gasteiger partial charge in [-0.25, -0.2) is 0 Å². The topological polar surface area (TPSA) is 242 Å². The van der Waals surface area contributed by atoms with Gasteiger partial charge >= 0.3 is 11.8 Å². The van der Waals surface area contributed by atoms with Gasteiger partial charge in [-0.15, -0.1) is 0 Å². The Kier molecular flexibility index (Phi) is 16.1. The Morgan fingerprint density at radius 1 is 0.986 bits per heavy atom. The van der Waals surface area contributed by atoms with Crippen molar-refractivity contribution in [2.75, 3.05) is 38.0 Å². The van der Waals surface area contributed by atoms with Gasteiger partial charge in [-0.05, 0) is 57.6 Å². The molecular formula is C55H70ClN7O11. The number of pyridine rings is 1. The summed E-state index contributed by atoms with van der Waals surface area (Å²) in [6.07, 6.45) is 10.1. The standard InChI is InChI=1S/C55H70ClN7O11/c1-29(2)28-62-23-18-55(19-24-62)60-44-41-42-49(68)34(7)51-43(41)52(70)54(8,74-51)72-25-10-9-14-38(73-40(65)26-39(64)63-21-16-35(17-22-63)58-37-15-20-57-27-36(37)56)32(5)48(67)33(6)47(66)30(3)12-11-13-31(4)53(71)59-46(50(42)69)45(44)61-55/h10-13,15,20,25,27,29-30,32-33,35,38,47-48,61,66-68H,9,14,16-19,21-24,26,28H2,1-8H3,(H,57,58)(H,59,71)/b12-11+,25-10+,31-13-/t30?,32-,33+,38+,47-,48?,54-/m0/s1. The summed E-state index contributed by atoms with van der Waals surface area (Å²) in [5.74, 6) is -6.99. The molecule has 6 N–H and O–H groups in total. The summed E-state index contributed by atoms with van der Waals surface area (Å²) in [5, 5.41) is 45.4. The zero-order valence-corrected chi connectivity index (χ0v) is 44.3. The molecule has 2 fully saturated rings. The molecule has 0 saturated carbocycles. The van der Waals surface area contributed by atoms with E-state index in [9.17, 15) is 39.3 Å². The minimum absolute atomic E-state index is 0.0126. The highest BCUT2D eigenvalue weighted by molar-refractivity contribution is 6.34. The summed E-state index contributed by atoms with van der Waals surface area (Å²) >= 11 is 6.29. The molecule has 1 spiro atoms. The smallest absolute Gasteiger partial charge is 0.315 e. The second-order valence-corrected chi connectivity index (χ2v) is 21.8. The molecule has 7 heterocycles. The zero-order valence-electron chi connectivity index (χ0n) is 43.5. The lowest BCUT2D eigenvalue weighted by Crippen LogP contribution is -2.50. The Hall–Kier alpha value is -6.08. The van der Waals surface area contributed by atoms with Crippen molar-refractivity contribution in [3.8, 4) is 11.5 Å². The first-order chi connectivity index (χ1) is 35.1. The molecule has 74 heavy (non-hydrogen) atoms. The number of aliphatic hydroxyl groups is 2. The molecule has 2 saturated heterocycles. The van der Waals surface area contributed by atoms with Gasteiger partial charge < -0.3 is 55.3 Å². The molecule has 2 unspecified atom stereocenters. The number of ether oxygens (including phenoxy) is 3. The Labute approximate surface area is 437 Å². The quantitative estimate of drug-likeness (QED) is 0.132. The largest absolute Gasteiger partial charge is 0.507 e. The van der Waals surface area contributed by atoms with Gasteiger partial charge in [0.15, 0.2) is 0 Å². The van der Waals surface area contributed by atoms with Crippen molar-refractivity contribution in [2.24, 2.45) is 28.7 Å². The number of carbonyl (C=O) groups is 5. The molecule has 2 aromatic rings. The predicted octanol–water partition coefficient (Wildman–Crippen LogP) is 6.27. The molecule has 398 valence electrons. The van der Waals surface area contributed by atoms with Crippen LogP contribution in [0, 0.1) is 30.6 Å². The number of benzene rings is 1. The van der Waals surface area contributed by atoms with Crippen LogP contribution in [0.5, 0.6) is 11.5 Å². The Morgan fingerprint density at radius 3 is 2.39 bits per heavy atom. The minimum Gasteiger partial charge on any atom is -0.507 e. The fraction of sp³-hybridized carbons (Fsp3) is 0.545. The Bertz CT molecular complexity index is 2720. The molecule has 9 rings (SSSR count). The number of amides is 2. The first kappa shape index (κ1) is 54.2. The fourth-order valence-electron chi connectivity index (χ4n) is 10.9. The molecule has 0 radical (unpaired) electrons. The SMILES string of the molecule is C/C1=C/C=C/C(C)[C@H](O)[C@@H](C)C(O)[C@@H](C)[C@H](OC(=O)CC(=O)N2CCC(Nc3ccncc3Cl)CC2)CC/C=C/O[C@@]2(C)Oc3c(C)c(O)c4c(c3C2=O)C2=NC3(CCN(CC(C)C)CC3)NC2=C(NC1=O)C4=O. The number of aliphatic imine (C=N–C) groups is 1. The van der Waals surface area contributed by atoms with Crippen LogP contribution >= 0.6 is 11.6 Å². The number of rotatable bonds is 7. The number of esters is 1. The fourth-order valence-corrected chi connectivity index (χ4v) is 11.1. The number of Topliss-reactive ketones (excluding diaryl/α,β-unsaturated/α-hetero) is 2. The molecule has 1 aromatic heterocycles. The molecular weight excluding hydrogens is 970 g/mol. The van der Waals surface area contributed by atoms with Gasteiger partial charge in [0.25, 0.3) is 11.7 Å². The minimum atomic E-state index is -1.96. The third kappa shape index (κ3) is 11.0. The highest BCUT2D eigenvalue weighted by Crippen LogP contribution is 2.50. The van der Waals surface area contributed by atoms with E-state index in [1.54, 1.807) is 75.4 Å². The van der Waals surface area contributed by atoms with E-state index in [4.69, 9.17) is 30.8 Å². The van der Waals surface area contributed by atoms with Crippen LogP contribution in [0.25, 0.3) is 0 Å². The van der Waals surface area contributed by atoms with Gasteiger partial charge in [0, 0.05) is 105 Å². The normalized spacial score (nSPS) is 29.4. The maximum absolute atomic E-state index is 14.8. The molecule has 18 nitrogen and oxygen atoms in total. The number of fused-ring (bicyclic) bond motifs is 13. The maximum atomic E-state index is 14.8. The summed E-state index contributed by atoms with van der Waals surface area (Å²) in [6.45, 7) is 17.2. The van der Waals surface area contributed by atoms with E-state index >= 15 is 0 Å². The third-order valence-electron chi connectivity index (χ3n) is 15.4. The number of phenols is 1. The molecule has 6 aliphatic heterocycles. The van der Waals surface area contributed by atoms with Gasteiger partial charge in [0.1, 0.15) is 35.4 Å². The number of aromatic hydroxyl groups is 1. The number of halogens is 1. The van der Waals surface area contributed by atoms with Gasteiger partial charge in [-0.2, -0.15) is 0 Å². The van der Waals surface area contributed by atoms with Crippen molar-refractivity contribution in [3.05, 3.63) is 93.3 Å². The number of hydrogen-bond donors (Lipinski definition) is 6. The second-order valence-electron chi connectivity index (χ2n) is 21.4. The number of anilines is 1. The number of hydrogen-bond acceptors (Lipinski definition) is 16. The second kappa shape index (κ2) is 22.0. The van der Waals surface area contributed by atoms with Crippen LogP contribution in [0.2, 0.25) is 5.02 Å². The van der Waals surface area contributed by atoms with Crippen molar-refractivity contribution >= 4 is 52.4 Å². The van der Waals surface area contributed by atoms with Crippen LogP contribution in [0.1, 0.15) is 125 Å². The van der Waals surface area contributed by atoms with Gasteiger partial charge in [0.2, 0.25) is 11.7 Å². The lowest BCUT2D eigenvalue weighted by Gasteiger charge is -2.38. The van der Waals surface area contributed by atoms with E-state index < -0.39 is 83.1 Å². The number of ketones is 2. The van der Waals surface area contributed by atoms with E-state index in [-0.39, 0.29) is 75.5 Å². The lowest BCUT2D eigenvalue weighted by molar-refractivity contribution is -0.159. The van der Waals surface area contributed by atoms with Crippen LogP contribution in [-0.4, -0.2) is 134 Å². The number of aromatic nitrogens is 1. The Balaban J connectivity index is 1.06. The average Bonchev–Trinajstić information content (AvgIpc) is 3.87. The summed E-state index contributed by atoms with van der Waals surface area (Å²) in [5.41, 5.74) is 0.484. The molecule has 2 amide bonds. The van der Waals surface area contributed by atoms with Crippen LogP contribution in [0.15, 0.2) is 71.0 Å². The van der Waals surface area contributed by atoms with E-state index in [0.717, 1.165) is 12.2 Å². The number of aliphatic hydroxyl groups excluding tert-OH is 2. The summed E-state index contributed by atoms with van der Waals surface area (Å²) < 4.78 is 18.4. The number of carbonyl (C=O) groups excluding carboxylic acids is 5. The van der Waals surface area contributed by atoms with Crippen LogP contribution in [-0.2, 0) is 23.9 Å². The zero-order chi connectivity index (χ0) is 53.4. The van der Waals surface area contributed by atoms with Gasteiger partial charge in [-0.1, -0.05) is 64.4 Å². The van der Waals surface area contributed by atoms with Crippen molar-refractivity contribution in [2.45, 2.75) is 136 Å². The molecule has 1 aromatic carbocycles. The molecule has 19 heteroatoms. The summed E-state index contributed by atoms with van der Waals surface area (Å²) in [4.78, 5) is 83.9. The van der Waals surface area contributed by atoms with Crippen molar-refractivity contribution < 1.29 is 53.5 Å². The predicted molar refractivity (Wildman–Crippen MR) is 277 cm³/mol. The summed E-state index contributed by atoms with van der Waals surface area (Å²) in [7, 11) is 0. The lowest BCUT2D eigenvalue weighted by atomic mass is 9.81. The number of nitrogens with zero attached hydrogens (tertiary/aromatic N) is 4. The summed E-state index contributed by atoms with van der Waals surface area (Å²) in [6, 6.07) is 1.86. The van der Waals surface area contributed by atoms with E-state index in [0.29, 0.717) is 62.8 Å². The first-order valence-electron chi connectivity index (χ1n) is 25.8. The third-order valence-corrected chi connectivity index (χ3v) is 15.7. The van der Waals surface area contributed by atoms with Gasteiger partial charge in [0.05, 0.1) is 51.7 Å².